The summed E-state index contributed by atoms with van der Waals surface area (Å²) in [6, 6.07) is 2.91. The van der Waals surface area contributed by atoms with E-state index in [2.05, 4.69) is 31.1 Å². The van der Waals surface area contributed by atoms with Crippen LogP contribution in [-0.4, -0.2) is 16.9 Å². The van der Waals surface area contributed by atoms with E-state index in [-0.39, 0.29) is 22.8 Å². The molecule has 0 aliphatic heterocycles. The zero-order chi connectivity index (χ0) is 14.5. The van der Waals surface area contributed by atoms with Crippen molar-refractivity contribution in [1.82, 2.24) is 10.3 Å². The number of amides is 1. The third-order valence-corrected chi connectivity index (χ3v) is 6.09. The van der Waals surface area contributed by atoms with Gasteiger partial charge in [-0.05, 0) is 48.1 Å². The third kappa shape index (κ3) is 1.77. The highest BCUT2D eigenvalue weighted by molar-refractivity contribution is 5.94. The second-order valence-corrected chi connectivity index (χ2v) is 7.01. The van der Waals surface area contributed by atoms with Gasteiger partial charge >= 0.3 is 0 Å². The first kappa shape index (κ1) is 13.5. The fourth-order valence-electron chi connectivity index (χ4n) is 4.17. The molecule has 2 aliphatic rings. The number of fused-ring (bicyclic) bond motifs is 2. The summed E-state index contributed by atoms with van der Waals surface area (Å²) < 4.78 is 12.8. The third-order valence-electron chi connectivity index (χ3n) is 6.09. The molecule has 2 fully saturated rings. The van der Waals surface area contributed by atoms with Gasteiger partial charge in [-0.2, -0.15) is 4.39 Å². The number of pyridine rings is 1. The van der Waals surface area contributed by atoms with Gasteiger partial charge in [0, 0.05) is 12.2 Å². The fraction of sp³-hybridized carbons (Fsp3) is 0.625. The maximum absolute atomic E-state index is 12.8. The zero-order valence-corrected chi connectivity index (χ0v) is 12.2. The number of nitrogens with zero attached hydrogens (tertiary/aromatic N) is 1. The molecule has 1 heterocycles. The average molecular weight is 276 g/mol. The lowest BCUT2D eigenvalue weighted by molar-refractivity contribution is 0.0825. The van der Waals surface area contributed by atoms with E-state index in [1.807, 2.05) is 0 Å². The van der Waals surface area contributed by atoms with E-state index in [4.69, 9.17) is 0 Å². The van der Waals surface area contributed by atoms with E-state index in [9.17, 15) is 9.18 Å². The normalized spacial score (nSPS) is 34.2. The first-order valence-electron chi connectivity index (χ1n) is 7.27. The Morgan fingerprint density at radius 1 is 1.40 bits per heavy atom. The number of hydrogen-bond donors (Lipinski definition) is 1. The minimum atomic E-state index is -0.561. The van der Waals surface area contributed by atoms with Gasteiger partial charge in [0.2, 0.25) is 5.95 Å². The number of carbonyl (C=O) groups is 1. The molecule has 0 saturated heterocycles. The lowest BCUT2D eigenvalue weighted by Crippen LogP contribution is -2.46. The van der Waals surface area contributed by atoms with Crippen molar-refractivity contribution >= 4 is 5.91 Å². The van der Waals surface area contributed by atoms with E-state index in [0.29, 0.717) is 11.5 Å². The molecule has 2 bridgehead atoms. The largest absolute Gasteiger partial charge is 0.349 e. The summed E-state index contributed by atoms with van der Waals surface area (Å²) >= 11 is 0. The van der Waals surface area contributed by atoms with Gasteiger partial charge in [-0.3, -0.25) is 4.79 Å². The molecule has 0 radical (unpaired) electrons. The minimum Gasteiger partial charge on any atom is -0.349 e. The van der Waals surface area contributed by atoms with Crippen LogP contribution < -0.4 is 5.32 Å². The van der Waals surface area contributed by atoms with E-state index in [0.717, 1.165) is 12.8 Å². The summed E-state index contributed by atoms with van der Waals surface area (Å²) in [5.74, 6) is -0.0224. The van der Waals surface area contributed by atoms with Crippen LogP contribution in [0.3, 0.4) is 0 Å². The van der Waals surface area contributed by atoms with Crippen molar-refractivity contribution in [1.29, 1.82) is 0 Å². The Morgan fingerprint density at radius 3 is 2.65 bits per heavy atom. The van der Waals surface area contributed by atoms with Gasteiger partial charge < -0.3 is 5.32 Å². The highest BCUT2D eigenvalue weighted by Crippen LogP contribution is 2.65. The van der Waals surface area contributed by atoms with Crippen LogP contribution in [0.2, 0.25) is 0 Å². The molecule has 3 nitrogen and oxygen atoms in total. The molecule has 2 saturated carbocycles. The maximum Gasteiger partial charge on any atom is 0.253 e. The zero-order valence-electron chi connectivity index (χ0n) is 12.2. The Kier molecular flexibility index (Phi) is 2.89. The number of rotatable bonds is 2. The number of halogens is 1. The van der Waals surface area contributed by atoms with Crippen molar-refractivity contribution in [3.8, 4) is 0 Å². The van der Waals surface area contributed by atoms with Crippen molar-refractivity contribution < 1.29 is 9.18 Å². The van der Waals surface area contributed by atoms with Gasteiger partial charge in [0.15, 0.2) is 0 Å². The van der Waals surface area contributed by atoms with Crippen LogP contribution in [0.25, 0.3) is 0 Å². The van der Waals surface area contributed by atoms with E-state index in [1.54, 1.807) is 0 Å². The molecule has 1 aromatic heterocycles. The molecular formula is C16H21FN2O. The molecule has 20 heavy (non-hydrogen) atoms. The maximum atomic E-state index is 12.8. The topological polar surface area (TPSA) is 42.0 Å². The molecule has 0 spiro atoms. The first-order chi connectivity index (χ1) is 9.34. The predicted octanol–water partition coefficient (Wildman–Crippen LogP) is 3.17. The lowest BCUT2D eigenvalue weighted by atomic mass is 9.69. The number of hydrogen-bond acceptors (Lipinski definition) is 2. The molecule has 3 atom stereocenters. The highest BCUT2D eigenvalue weighted by atomic mass is 19.1. The van der Waals surface area contributed by atoms with Crippen LogP contribution in [0, 0.1) is 22.7 Å². The number of aromatic nitrogens is 1. The van der Waals surface area contributed by atoms with Crippen molar-refractivity contribution in [3.05, 3.63) is 29.8 Å². The number of carbonyl (C=O) groups excluding carboxylic acids is 1. The Morgan fingerprint density at radius 2 is 2.15 bits per heavy atom. The molecular weight excluding hydrogens is 255 g/mol. The Hall–Kier alpha value is -1.45. The van der Waals surface area contributed by atoms with Crippen LogP contribution in [0.5, 0.6) is 0 Å². The van der Waals surface area contributed by atoms with E-state index >= 15 is 0 Å². The molecule has 1 amide bonds. The summed E-state index contributed by atoms with van der Waals surface area (Å²) in [5.41, 5.74) is 0.850. The van der Waals surface area contributed by atoms with Gasteiger partial charge in [0.1, 0.15) is 0 Å². The molecule has 1 aromatic rings. The Labute approximate surface area is 119 Å². The molecule has 3 rings (SSSR count). The van der Waals surface area contributed by atoms with Gasteiger partial charge in [0.05, 0.1) is 5.56 Å². The monoisotopic (exact) mass is 276 g/mol. The average Bonchev–Trinajstić information content (AvgIpc) is 2.72. The second kappa shape index (κ2) is 4.27. The summed E-state index contributed by atoms with van der Waals surface area (Å²) in [5, 5.41) is 3.14. The molecule has 2 aliphatic carbocycles. The molecule has 108 valence electrons. The predicted molar refractivity (Wildman–Crippen MR) is 74.7 cm³/mol. The van der Waals surface area contributed by atoms with Gasteiger partial charge in [-0.1, -0.05) is 20.8 Å². The summed E-state index contributed by atoms with van der Waals surface area (Å²) in [6.07, 6.45) is 4.76. The van der Waals surface area contributed by atoms with Gasteiger partial charge in [0.25, 0.3) is 5.91 Å². The summed E-state index contributed by atoms with van der Waals surface area (Å²) in [7, 11) is 0. The van der Waals surface area contributed by atoms with Crippen LogP contribution >= 0.6 is 0 Å². The number of nitrogens with one attached hydrogen (secondary N) is 1. The van der Waals surface area contributed by atoms with Gasteiger partial charge in [-0.25, -0.2) is 4.98 Å². The Bertz CT molecular complexity index is 540. The van der Waals surface area contributed by atoms with Crippen molar-refractivity contribution in [2.24, 2.45) is 16.7 Å². The van der Waals surface area contributed by atoms with Crippen LogP contribution in [0.15, 0.2) is 18.3 Å². The second-order valence-electron chi connectivity index (χ2n) is 7.01. The molecule has 3 unspecified atom stereocenters. The minimum absolute atomic E-state index is 0.146. The molecule has 4 heteroatoms. The smallest absolute Gasteiger partial charge is 0.253 e. The highest BCUT2D eigenvalue weighted by Gasteiger charge is 2.61. The first-order valence-corrected chi connectivity index (χ1v) is 7.27. The van der Waals surface area contributed by atoms with Crippen LogP contribution in [0.1, 0.15) is 50.4 Å². The van der Waals surface area contributed by atoms with E-state index < -0.39 is 5.95 Å². The summed E-state index contributed by atoms with van der Waals surface area (Å²) in [4.78, 5) is 15.8. The standard InChI is InChI=1S/C16H21FN2O/c1-15(2)11-6-7-16(15,3)12(8-11)19-14(20)10-4-5-13(17)18-9-10/h4-5,9,11-12H,6-8H2,1-3H3,(H,19,20). The van der Waals surface area contributed by atoms with Crippen molar-refractivity contribution in [2.45, 2.75) is 46.1 Å². The molecule has 1 N–H and O–H groups in total. The van der Waals surface area contributed by atoms with Gasteiger partial charge in [-0.15, -0.1) is 0 Å². The fourth-order valence-corrected chi connectivity index (χ4v) is 4.17. The van der Waals surface area contributed by atoms with Crippen LogP contribution in [0.4, 0.5) is 4.39 Å². The van der Waals surface area contributed by atoms with Crippen LogP contribution in [-0.2, 0) is 0 Å². The van der Waals surface area contributed by atoms with E-state index in [1.165, 1.54) is 24.8 Å². The quantitative estimate of drug-likeness (QED) is 0.843. The lowest BCUT2D eigenvalue weighted by Gasteiger charge is -2.39. The molecule has 0 aromatic carbocycles. The van der Waals surface area contributed by atoms with Crippen molar-refractivity contribution in [3.63, 3.8) is 0 Å². The Balaban J connectivity index is 1.76. The summed E-state index contributed by atoms with van der Waals surface area (Å²) in [6.45, 7) is 6.92. The SMILES string of the molecule is CC1(C)C2CCC1(C)C(NC(=O)c1ccc(F)nc1)C2. The van der Waals surface area contributed by atoms with Crippen molar-refractivity contribution in [2.75, 3.05) is 0 Å².